The van der Waals surface area contributed by atoms with Crippen molar-refractivity contribution < 1.29 is 13.9 Å². The summed E-state index contributed by atoms with van der Waals surface area (Å²) in [6.07, 6.45) is 0. The van der Waals surface area contributed by atoms with Crippen LogP contribution in [-0.4, -0.2) is 19.6 Å². The van der Waals surface area contributed by atoms with Crippen LogP contribution in [0.4, 0.5) is 10.1 Å². The summed E-state index contributed by atoms with van der Waals surface area (Å²) in [5, 5.41) is 2.77. The van der Waals surface area contributed by atoms with E-state index in [4.69, 9.17) is 0 Å². The van der Waals surface area contributed by atoms with Crippen molar-refractivity contribution in [3.8, 4) is 0 Å². The Bertz CT molecular complexity index is 339. The molecule has 3 nitrogen and oxygen atoms in total. The lowest BCUT2D eigenvalue weighted by Crippen LogP contribution is -2.07. The second-order valence-electron chi connectivity index (χ2n) is 2.67. The lowest BCUT2D eigenvalue weighted by Gasteiger charge is -2.05. The van der Waals surface area contributed by atoms with Crippen molar-refractivity contribution in [2.24, 2.45) is 0 Å². The fourth-order valence-electron chi connectivity index (χ4n) is 1.05. The Morgan fingerprint density at radius 2 is 2.29 bits per heavy atom. The molecule has 4 heteroatoms. The van der Waals surface area contributed by atoms with Crippen LogP contribution in [-0.2, 0) is 4.74 Å². The molecule has 0 saturated heterocycles. The number of halogens is 1. The van der Waals surface area contributed by atoms with Crippen LogP contribution in [0.25, 0.3) is 0 Å². The van der Waals surface area contributed by atoms with Gasteiger partial charge in [0, 0.05) is 12.7 Å². The van der Waals surface area contributed by atoms with Crippen LogP contribution in [0.2, 0.25) is 0 Å². The number of carbonyl (C=O) groups excluding carboxylic acids is 1. The van der Waals surface area contributed by atoms with Crippen LogP contribution >= 0.6 is 0 Å². The van der Waals surface area contributed by atoms with E-state index in [0.29, 0.717) is 5.69 Å². The molecule has 1 N–H and O–H groups in total. The molecule has 1 aromatic carbocycles. The number of benzene rings is 1. The van der Waals surface area contributed by atoms with E-state index >= 15 is 0 Å². The Balaban J connectivity index is 2.94. The van der Waals surface area contributed by atoms with Gasteiger partial charge in [-0.25, -0.2) is 9.18 Å². The Kier molecular flexibility index (Phi) is 3.45. The number of carbonyl (C=O) groups is 1. The molecule has 0 aromatic heterocycles. The molecule has 0 bridgehead atoms. The average Bonchev–Trinajstić information content (AvgIpc) is 2.17. The van der Waals surface area contributed by atoms with Crippen LogP contribution in [0.3, 0.4) is 0 Å². The van der Waals surface area contributed by atoms with Crippen molar-refractivity contribution in [3.63, 3.8) is 0 Å². The molecule has 0 aliphatic heterocycles. The summed E-state index contributed by atoms with van der Waals surface area (Å²) >= 11 is 0. The van der Waals surface area contributed by atoms with Gasteiger partial charge in [-0.3, -0.25) is 0 Å². The fourth-order valence-corrected chi connectivity index (χ4v) is 1.05. The second kappa shape index (κ2) is 4.60. The molecule has 0 fully saturated rings. The Morgan fingerprint density at radius 3 is 2.79 bits per heavy atom. The highest BCUT2D eigenvalue weighted by Gasteiger charge is 2.12. The zero-order chi connectivity index (χ0) is 10.6. The van der Waals surface area contributed by atoms with E-state index in [-0.39, 0.29) is 12.2 Å². The summed E-state index contributed by atoms with van der Waals surface area (Å²) in [7, 11) is 1.68. The van der Waals surface area contributed by atoms with Crippen molar-refractivity contribution in [2.75, 3.05) is 19.0 Å². The normalized spacial score (nSPS) is 9.64. The maximum atomic E-state index is 13.3. The second-order valence-corrected chi connectivity index (χ2v) is 2.67. The van der Waals surface area contributed by atoms with Gasteiger partial charge in [0.25, 0.3) is 0 Å². The van der Waals surface area contributed by atoms with Crippen molar-refractivity contribution >= 4 is 11.7 Å². The maximum absolute atomic E-state index is 13.3. The van der Waals surface area contributed by atoms with Crippen molar-refractivity contribution in [1.29, 1.82) is 0 Å². The monoisotopic (exact) mass is 197 g/mol. The van der Waals surface area contributed by atoms with Gasteiger partial charge >= 0.3 is 5.97 Å². The van der Waals surface area contributed by atoms with Gasteiger partial charge in [0.2, 0.25) is 0 Å². The van der Waals surface area contributed by atoms with Gasteiger partial charge in [0.15, 0.2) is 0 Å². The van der Waals surface area contributed by atoms with E-state index in [1.165, 1.54) is 12.1 Å². The van der Waals surface area contributed by atoms with Crippen LogP contribution in [0.1, 0.15) is 17.3 Å². The van der Waals surface area contributed by atoms with E-state index in [1.807, 2.05) is 0 Å². The SMILES string of the molecule is CCOC(=O)c1ccc(NC)cc1F. The first-order valence-electron chi connectivity index (χ1n) is 4.33. The molecule has 14 heavy (non-hydrogen) atoms. The lowest BCUT2D eigenvalue weighted by molar-refractivity contribution is 0.0521. The Labute approximate surface area is 81.9 Å². The summed E-state index contributed by atoms with van der Waals surface area (Å²) in [6.45, 7) is 1.92. The minimum Gasteiger partial charge on any atom is -0.462 e. The quantitative estimate of drug-likeness (QED) is 0.753. The third-order valence-corrected chi connectivity index (χ3v) is 1.75. The first-order chi connectivity index (χ1) is 6.69. The number of nitrogens with one attached hydrogen (secondary N) is 1. The van der Waals surface area contributed by atoms with Crippen LogP contribution in [0.5, 0.6) is 0 Å². The average molecular weight is 197 g/mol. The largest absolute Gasteiger partial charge is 0.462 e. The highest BCUT2D eigenvalue weighted by atomic mass is 19.1. The molecule has 0 spiro atoms. The van der Waals surface area contributed by atoms with Gasteiger partial charge in [0.1, 0.15) is 5.82 Å². The third-order valence-electron chi connectivity index (χ3n) is 1.75. The molecule has 0 aliphatic rings. The zero-order valence-corrected chi connectivity index (χ0v) is 8.13. The zero-order valence-electron chi connectivity index (χ0n) is 8.13. The number of hydrogen-bond donors (Lipinski definition) is 1. The van der Waals surface area contributed by atoms with Gasteiger partial charge < -0.3 is 10.1 Å². The van der Waals surface area contributed by atoms with Crippen molar-refractivity contribution in [1.82, 2.24) is 0 Å². The van der Waals surface area contributed by atoms with E-state index in [1.54, 1.807) is 20.0 Å². The molecule has 76 valence electrons. The highest BCUT2D eigenvalue weighted by molar-refractivity contribution is 5.90. The van der Waals surface area contributed by atoms with Gasteiger partial charge in [-0.05, 0) is 25.1 Å². The molecule has 0 saturated carbocycles. The number of ether oxygens (including phenoxy) is 1. The topological polar surface area (TPSA) is 38.3 Å². The van der Waals surface area contributed by atoms with Crippen molar-refractivity contribution in [2.45, 2.75) is 6.92 Å². The molecule has 0 atom stereocenters. The third kappa shape index (κ3) is 2.22. The molecule has 0 heterocycles. The molecule has 0 amide bonds. The summed E-state index contributed by atoms with van der Waals surface area (Å²) in [5.74, 6) is -1.21. The molecular weight excluding hydrogens is 185 g/mol. The molecule has 1 rings (SSSR count). The summed E-state index contributed by atoms with van der Waals surface area (Å²) in [5.41, 5.74) is 0.585. The van der Waals surface area contributed by atoms with Gasteiger partial charge in [0.05, 0.1) is 12.2 Å². The molecule has 0 unspecified atom stereocenters. The first-order valence-corrected chi connectivity index (χ1v) is 4.33. The van der Waals surface area contributed by atoms with E-state index in [9.17, 15) is 9.18 Å². The van der Waals surface area contributed by atoms with Gasteiger partial charge in [-0.2, -0.15) is 0 Å². The number of hydrogen-bond acceptors (Lipinski definition) is 3. The fraction of sp³-hybridized carbons (Fsp3) is 0.300. The Hall–Kier alpha value is -1.58. The van der Waals surface area contributed by atoms with Crippen molar-refractivity contribution in [3.05, 3.63) is 29.6 Å². The molecule has 0 aliphatic carbocycles. The smallest absolute Gasteiger partial charge is 0.341 e. The van der Waals surface area contributed by atoms with E-state index in [2.05, 4.69) is 10.1 Å². The summed E-state index contributed by atoms with van der Waals surface area (Å²) < 4.78 is 18.0. The van der Waals surface area contributed by atoms with E-state index < -0.39 is 11.8 Å². The first kappa shape index (κ1) is 10.5. The van der Waals surface area contributed by atoms with Crippen LogP contribution in [0.15, 0.2) is 18.2 Å². The number of anilines is 1. The lowest BCUT2D eigenvalue weighted by atomic mass is 10.2. The molecular formula is C10H12FNO2. The minimum atomic E-state index is -0.632. The summed E-state index contributed by atoms with van der Waals surface area (Å²) in [4.78, 5) is 11.2. The van der Waals surface area contributed by atoms with Crippen LogP contribution in [0, 0.1) is 5.82 Å². The van der Waals surface area contributed by atoms with Gasteiger partial charge in [-0.15, -0.1) is 0 Å². The summed E-state index contributed by atoms with van der Waals surface area (Å²) in [6, 6.07) is 4.28. The van der Waals surface area contributed by atoms with Crippen LogP contribution < -0.4 is 5.32 Å². The minimum absolute atomic E-state index is 0.0362. The number of rotatable bonds is 3. The number of esters is 1. The Morgan fingerprint density at radius 1 is 1.57 bits per heavy atom. The molecule has 1 aromatic rings. The standard InChI is InChI=1S/C10H12FNO2/c1-3-14-10(13)8-5-4-7(12-2)6-9(8)11/h4-6,12H,3H2,1-2H3. The van der Waals surface area contributed by atoms with E-state index in [0.717, 1.165) is 0 Å². The van der Waals surface area contributed by atoms with Gasteiger partial charge in [-0.1, -0.05) is 0 Å². The predicted octanol–water partition coefficient (Wildman–Crippen LogP) is 2.04. The highest BCUT2D eigenvalue weighted by Crippen LogP contribution is 2.14. The molecule has 0 radical (unpaired) electrons. The predicted molar refractivity (Wildman–Crippen MR) is 51.9 cm³/mol. The maximum Gasteiger partial charge on any atom is 0.341 e.